The van der Waals surface area contributed by atoms with Crippen molar-refractivity contribution in [1.29, 1.82) is 0 Å². The van der Waals surface area contributed by atoms with Crippen LogP contribution in [0.1, 0.15) is 43.0 Å². The van der Waals surface area contributed by atoms with Crippen LogP contribution >= 0.6 is 11.3 Å². The van der Waals surface area contributed by atoms with E-state index < -0.39 is 12.1 Å². The molecule has 2 aromatic rings. The standard InChI is InChI=1S/C17H19N3S.C2HF3O2/c1-12-4-5-13(2)20(12)17-9-7-15(10-18-17)6-8-16-11-21-14(3)19-16;3-2(4,5)1(6)7/h7,9-13H,4-5H2,1-3H3;(H,6,7). The van der Waals surface area contributed by atoms with Gasteiger partial charge in [-0.2, -0.15) is 18.2 Å². The van der Waals surface area contributed by atoms with Crippen molar-refractivity contribution in [2.24, 2.45) is 0 Å². The van der Waals surface area contributed by atoms with Crippen molar-refractivity contribution in [3.8, 4) is 11.8 Å². The number of aryl methyl sites for hydroxylation is 1. The summed E-state index contributed by atoms with van der Waals surface area (Å²) in [4.78, 5) is 19.0. The van der Waals surface area contributed by atoms with E-state index in [1.54, 1.807) is 11.3 Å². The predicted octanol–water partition coefficient (Wildman–Crippen LogP) is 2.34. The number of thiazole rings is 1. The van der Waals surface area contributed by atoms with E-state index in [1.807, 2.05) is 18.5 Å². The van der Waals surface area contributed by atoms with Crippen LogP contribution in [0.25, 0.3) is 0 Å². The third kappa shape index (κ3) is 5.96. The number of rotatable bonds is 1. The molecule has 2 aromatic heterocycles. The van der Waals surface area contributed by atoms with Gasteiger partial charge >= 0.3 is 6.18 Å². The third-order valence-corrected chi connectivity index (χ3v) is 5.01. The zero-order valence-corrected chi connectivity index (χ0v) is 16.4. The number of aliphatic carboxylic acids is 1. The van der Waals surface area contributed by atoms with Crippen LogP contribution < -0.4 is 15.0 Å². The van der Waals surface area contributed by atoms with Crippen molar-refractivity contribution in [1.82, 2.24) is 4.98 Å². The van der Waals surface area contributed by atoms with Crippen molar-refractivity contribution >= 4 is 23.1 Å². The molecule has 0 aliphatic carbocycles. The molecule has 3 rings (SSSR count). The second kappa shape index (κ2) is 9.06. The summed E-state index contributed by atoms with van der Waals surface area (Å²) in [6, 6.07) is 5.30. The molecule has 3 heterocycles. The summed E-state index contributed by atoms with van der Waals surface area (Å²) in [5.41, 5.74) is 1.92. The van der Waals surface area contributed by atoms with Crippen molar-refractivity contribution < 1.29 is 28.1 Å². The van der Waals surface area contributed by atoms with Gasteiger partial charge in [0.15, 0.2) is 0 Å². The number of nitrogens with one attached hydrogen (secondary N) is 1. The number of nitrogens with zero attached hydrogens (tertiary/aromatic N) is 2. The Morgan fingerprint density at radius 1 is 1.29 bits per heavy atom. The van der Waals surface area contributed by atoms with E-state index in [4.69, 9.17) is 9.90 Å². The molecule has 0 bridgehead atoms. The lowest BCUT2D eigenvalue weighted by atomic mass is 10.2. The number of hydrogen-bond donors (Lipinski definition) is 0. The topological polar surface area (TPSA) is 70.4 Å². The van der Waals surface area contributed by atoms with Crippen molar-refractivity contribution in [3.63, 3.8) is 0 Å². The number of halogens is 3. The number of carboxylic acids is 1. The Hall–Kier alpha value is -2.60. The molecular weight excluding hydrogens is 391 g/mol. The van der Waals surface area contributed by atoms with Crippen molar-refractivity contribution in [3.05, 3.63) is 40.0 Å². The van der Waals surface area contributed by atoms with E-state index in [-0.39, 0.29) is 0 Å². The van der Waals surface area contributed by atoms with Gasteiger partial charge in [-0.25, -0.2) is 4.98 Å². The molecule has 1 aliphatic heterocycles. The van der Waals surface area contributed by atoms with Gasteiger partial charge in [0.05, 0.1) is 5.38 Å². The molecule has 2 unspecified atom stereocenters. The maximum absolute atomic E-state index is 10.5. The number of pyridine rings is 1. The monoisotopic (exact) mass is 411 g/mol. The minimum absolute atomic E-state index is 0.577. The summed E-state index contributed by atoms with van der Waals surface area (Å²) in [5.74, 6) is 4.36. The van der Waals surface area contributed by atoms with Crippen LogP contribution in [0, 0.1) is 18.8 Å². The molecule has 5 nitrogen and oxygen atoms in total. The van der Waals surface area contributed by atoms with Crippen LogP contribution in [0.4, 0.5) is 19.0 Å². The van der Waals surface area contributed by atoms with Gasteiger partial charge in [-0.3, -0.25) is 0 Å². The van der Waals surface area contributed by atoms with Gasteiger partial charge < -0.3 is 14.8 Å². The molecule has 0 radical (unpaired) electrons. The van der Waals surface area contributed by atoms with Gasteiger partial charge in [0.25, 0.3) is 5.69 Å². The van der Waals surface area contributed by atoms with Gasteiger partial charge in [0.2, 0.25) is 5.01 Å². The molecule has 0 spiro atoms. The zero-order chi connectivity index (χ0) is 20.9. The third-order valence-electron chi connectivity index (χ3n) is 4.20. The molecule has 1 saturated heterocycles. The van der Waals surface area contributed by atoms with Gasteiger partial charge in [-0.05, 0) is 38.8 Å². The van der Waals surface area contributed by atoms with Gasteiger partial charge in [0.1, 0.15) is 11.8 Å². The van der Waals surface area contributed by atoms with Gasteiger partial charge in [-0.15, -0.1) is 0 Å². The Morgan fingerprint density at radius 3 is 2.32 bits per heavy atom. The highest BCUT2D eigenvalue weighted by Crippen LogP contribution is 2.28. The lowest BCUT2D eigenvalue weighted by Crippen LogP contribution is -2.37. The van der Waals surface area contributed by atoms with Crippen LogP contribution in [0.3, 0.4) is 0 Å². The minimum Gasteiger partial charge on any atom is -0.542 e. The van der Waals surface area contributed by atoms with Crippen LogP contribution in [-0.4, -0.2) is 29.2 Å². The second-order valence-electron chi connectivity index (χ2n) is 6.45. The Bertz CT molecular complexity index is 859. The highest BCUT2D eigenvalue weighted by atomic mass is 32.1. The summed E-state index contributed by atoms with van der Waals surface area (Å²) in [7, 11) is 0. The second-order valence-corrected chi connectivity index (χ2v) is 7.54. The van der Waals surface area contributed by atoms with Crippen molar-refractivity contribution in [2.75, 3.05) is 4.90 Å². The first-order valence-corrected chi connectivity index (χ1v) is 9.48. The zero-order valence-electron chi connectivity index (χ0n) is 15.6. The Kier molecular flexibility index (Phi) is 7.02. The molecular formula is C19H20F3N3O2S. The molecule has 1 fully saturated rings. The van der Waals surface area contributed by atoms with Crippen LogP contribution in [0.2, 0.25) is 0 Å². The summed E-state index contributed by atoms with van der Waals surface area (Å²) in [5, 5.41) is 12.0. The molecule has 150 valence electrons. The number of aromatic nitrogens is 2. The minimum atomic E-state index is -5.19. The highest BCUT2D eigenvalue weighted by molar-refractivity contribution is 7.09. The van der Waals surface area contributed by atoms with Crippen LogP contribution in [-0.2, 0) is 4.79 Å². The predicted molar refractivity (Wildman–Crippen MR) is 97.5 cm³/mol. The summed E-state index contributed by atoms with van der Waals surface area (Å²) in [6.45, 7) is 6.59. The average Bonchev–Trinajstić information content (AvgIpc) is 3.18. The number of carboxylic acid groups (broad SMARTS) is 1. The highest BCUT2D eigenvalue weighted by Gasteiger charge is 2.29. The Morgan fingerprint density at radius 2 is 1.89 bits per heavy atom. The molecule has 28 heavy (non-hydrogen) atoms. The number of carbonyl (C=O) groups is 1. The van der Waals surface area contributed by atoms with E-state index in [9.17, 15) is 13.2 Å². The quantitative estimate of drug-likeness (QED) is 0.676. The van der Waals surface area contributed by atoms with Crippen LogP contribution in [0.15, 0.2) is 23.7 Å². The normalized spacial score (nSPS) is 18.7. The maximum atomic E-state index is 10.5. The van der Waals surface area contributed by atoms with E-state index in [0.29, 0.717) is 12.1 Å². The van der Waals surface area contributed by atoms with Crippen molar-refractivity contribution in [2.45, 2.75) is 51.9 Å². The van der Waals surface area contributed by atoms with E-state index in [1.165, 1.54) is 17.8 Å². The molecule has 2 atom stereocenters. The molecule has 1 N–H and O–H groups in total. The number of alkyl halides is 3. The summed E-state index contributed by atoms with van der Waals surface area (Å²) < 4.78 is 31.5. The lowest BCUT2D eigenvalue weighted by Gasteiger charge is -2.27. The molecule has 0 amide bonds. The van der Waals surface area contributed by atoms with Crippen LogP contribution in [0.5, 0.6) is 0 Å². The van der Waals surface area contributed by atoms with Gasteiger partial charge in [0, 0.05) is 36.7 Å². The number of carbonyl (C=O) groups excluding carboxylic acids is 1. The first kappa shape index (κ1) is 21.7. The molecule has 0 aromatic carbocycles. The largest absolute Gasteiger partial charge is 0.542 e. The molecule has 9 heteroatoms. The number of hydrogen-bond acceptors (Lipinski definition) is 5. The summed E-state index contributed by atoms with van der Waals surface area (Å²) >= 11 is 1.68. The summed E-state index contributed by atoms with van der Waals surface area (Å²) in [6.07, 6.45) is -0.825. The lowest BCUT2D eigenvalue weighted by molar-refractivity contribution is -0.383. The first-order valence-electron chi connectivity index (χ1n) is 8.60. The number of H-pyrrole nitrogens is 1. The number of aromatic amines is 1. The smallest absolute Gasteiger partial charge is 0.430 e. The number of anilines is 1. The Labute approximate surface area is 165 Å². The van der Waals surface area contributed by atoms with E-state index in [2.05, 4.69) is 52.7 Å². The molecule has 0 saturated carbocycles. The molecule has 1 aliphatic rings. The first-order chi connectivity index (χ1) is 13.1. The van der Waals surface area contributed by atoms with E-state index in [0.717, 1.165) is 17.1 Å². The fourth-order valence-electron chi connectivity index (χ4n) is 2.86. The fourth-order valence-corrected chi connectivity index (χ4v) is 3.44. The fraction of sp³-hybridized carbons (Fsp3) is 0.421. The van der Waals surface area contributed by atoms with Gasteiger partial charge in [-0.1, -0.05) is 17.3 Å². The van der Waals surface area contributed by atoms with E-state index >= 15 is 0 Å². The SMILES string of the molecule is Cc1[nH+]c(C#Cc2ccc(N3C(C)CCC3C)nc2)cs1.O=C([O-])C(F)(F)F. The average molecular weight is 411 g/mol. The maximum Gasteiger partial charge on any atom is 0.430 e. The Balaban J connectivity index is 0.000000345.